The molecule has 1 aromatic rings. The van der Waals surface area contributed by atoms with Gasteiger partial charge in [-0.3, -0.25) is 0 Å². The number of rotatable bonds is 85. The second-order valence-electron chi connectivity index (χ2n) is 30.0. The zero-order valence-electron chi connectivity index (χ0n) is 81.9. The zero-order valence-corrected chi connectivity index (χ0v) is 81.9. The number of hydrogen-bond acceptors (Lipinski definition) is 35. The summed E-state index contributed by atoms with van der Waals surface area (Å²) in [5.74, 6) is 0.953. The first-order chi connectivity index (χ1) is 63.5. The van der Waals surface area contributed by atoms with Crippen LogP contribution < -0.4 is 4.74 Å². The molecule has 0 heterocycles. The third-order valence-corrected chi connectivity index (χ3v) is 17.1. The number of ether oxygens (including phenoxy) is 18. The SMILES string of the molecule is C=CCCOC(COCC(O)CC)COCC(O)CO.C=CCCOC(COCC(O)CC)COCC(O)CO.C=CCCOC(COCC(O)CC)COCC(O)CO.C=CCCOCC(O)COCC(O)CC.C=CCCOCC(O)COCC(O)CC.C=CCCOCC(O)COCC(O)CC.C=CCCOCC(O)COCC(O)CC.C=CCc1ccc(C)c(OC)c1. The number of methoxy groups -OCH3 is 1. The molecule has 0 saturated carbocycles. The van der Waals surface area contributed by atoms with E-state index in [1.807, 2.05) is 61.5 Å². The minimum atomic E-state index is -0.883. The van der Waals surface area contributed by atoms with Crippen molar-refractivity contribution in [2.24, 2.45) is 0 Å². The summed E-state index contributed by atoms with van der Waals surface area (Å²) in [6, 6.07) is 6.22. The highest BCUT2D eigenvalue weighted by Crippen LogP contribution is 2.19. The Morgan fingerprint density at radius 2 is 0.424 bits per heavy atom. The van der Waals surface area contributed by atoms with Crippen LogP contribution in [0.25, 0.3) is 0 Å². The molecule has 0 aliphatic rings. The summed E-state index contributed by atoms with van der Waals surface area (Å²) in [4.78, 5) is 0. The van der Waals surface area contributed by atoms with Crippen LogP contribution in [0.3, 0.4) is 0 Å². The van der Waals surface area contributed by atoms with Crippen LogP contribution in [0.5, 0.6) is 5.75 Å². The maximum atomic E-state index is 9.39. The van der Waals surface area contributed by atoms with E-state index in [-0.39, 0.29) is 177 Å². The summed E-state index contributed by atoms with van der Waals surface area (Å²) in [5.41, 5.74) is 2.41. The summed E-state index contributed by atoms with van der Waals surface area (Å²) < 4.78 is 94.8. The molecule has 1 rings (SSSR count). The van der Waals surface area contributed by atoms with Crippen molar-refractivity contribution >= 4 is 0 Å². The van der Waals surface area contributed by atoms with Gasteiger partial charge in [-0.2, -0.15) is 0 Å². The van der Waals surface area contributed by atoms with Gasteiger partial charge >= 0.3 is 0 Å². The Morgan fingerprint density at radius 3 is 0.606 bits per heavy atom. The summed E-state index contributed by atoms with van der Waals surface area (Å²) in [5, 5.41) is 156. The van der Waals surface area contributed by atoms with Crippen molar-refractivity contribution in [1.82, 2.24) is 0 Å². The maximum absolute atomic E-state index is 9.39. The molecule has 784 valence electrons. The van der Waals surface area contributed by atoms with Gasteiger partial charge in [0.25, 0.3) is 0 Å². The number of aryl methyl sites for hydroxylation is 1. The minimum absolute atomic E-state index is 0.0510. The van der Waals surface area contributed by atoms with Gasteiger partial charge < -0.3 is 172 Å². The molecule has 17 atom stereocenters. The molecule has 35 heteroatoms. The molecule has 132 heavy (non-hydrogen) atoms. The fraction of sp³-hybridized carbons (Fsp3) is 0.773. The van der Waals surface area contributed by atoms with Crippen molar-refractivity contribution in [3.8, 4) is 5.75 Å². The molecule has 0 bridgehead atoms. The second kappa shape index (κ2) is 112. The van der Waals surface area contributed by atoms with Crippen LogP contribution in [-0.4, -0.2) is 422 Å². The highest BCUT2D eigenvalue weighted by molar-refractivity contribution is 5.37. The fourth-order valence-electron chi connectivity index (χ4n) is 8.64. The van der Waals surface area contributed by atoms with Crippen molar-refractivity contribution in [3.05, 3.63) is 131 Å². The van der Waals surface area contributed by atoms with Crippen LogP contribution in [0.1, 0.15) is 149 Å². The lowest BCUT2D eigenvalue weighted by Crippen LogP contribution is -2.30. The lowest BCUT2D eigenvalue weighted by molar-refractivity contribution is -0.0837. The number of allylic oxidation sites excluding steroid dienone is 1. The zero-order chi connectivity index (χ0) is 101. The van der Waals surface area contributed by atoms with Gasteiger partial charge in [0.15, 0.2) is 0 Å². The van der Waals surface area contributed by atoms with E-state index in [0.29, 0.717) is 111 Å². The lowest BCUT2D eigenvalue weighted by atomic mass is 10.1. The third kappa shape index (κ3) is 111. The van der Waals surface area contributed by atoms with E-state index in [0.717, 1.165) is 57.1 Å². The van der Waals surface area contributed by atoms with Gasteiger partial charge in [0.2, 0.25) is 0 Å². The van der Waals surface area contributed by atoms with Crippen molar-refractivity contribution in [1.29, 1.82) is 0 Å². The molecular weight excluding hydrogens is 1730 g/mol. The van der Waals surface area contributed by atoms with Gasteiger partial charge in [0.1, 0.15) is 66.8 Å². The summed E-state index contributed by atoms with van der Waals surface area (Å²) in [7, 11) is 1.69. The smallest absolute Gasteiger partial charge is 0.122 e. The van der Waals surface area contributed by atoms with E-state index >= 15 is 0 Å². The monoisotopic (exact) mass is 1910 g/mol. The number of aliphatic hydroxyl groups excluding tert-OH is 17. The standard InChI is InChI=1S/3C14H28O6.4C11H22O4.C11H14O/c3*1-3-5-6-20-14(10-18-8-12(16)4-2)11-19-9-13(17)7-15;4*1-3-5-6-14-8-11(13)9-15-7-10(12)4-2;1-4-5-10-7-6-9(2)11(8-10)12-3/h3*3,12-17H,1,4-11H2,2H3;4*3,10-13H,1,4-9H2,2H3;4,6-8H,1,5H2,2-3H3. The molecule has 0 spiro atoms. The molecule has 0 amide bonds. The van der Waals surface area contributed by atoms with Gasteiger partial charge in [0.05, 0.1) is 274 Å². The number of aliphatic hydroxyl groups is 17. The molecule has 35 nitrogen and oxygen atoms in total. The van der Waals surface area contributed by atoms with Crippen molar-refractivity contribution in [3.63, 3.8) is 0 Å². The first kappa shape index (κ1) is 141. The Morgan fingerprint density at radius 1 is 0.242 bits per heavy atom. The van der Waals surface area contributed by atoms with E-state index in [4.69, 9.17) is 121 Å². The van der Waals surface area contributed by atoms with Gasteiger partial charge in [-0.05, 0) is 120 Å². The molecule has 0 fully saturated rings. The topological polar surface area (TPSA) is 510 Å². The predicted octanol–water partition coefficient (Wildman–Crippen LogP) is 5.96. The van der Waals surface area contributed by atoms with Crippen molar-refractivity contribution < 1.29 is 172 Å². The highest BCUT2D eigenvalue weighted by Gasteiger charge is 2.18. The Hall–Kier alpha value is -4.42. The highest BCUT2D eigenvalue weighted by atomic mass is 16.6. The van der Waals surface area contributed by atoms with Crippen LogP contribution in [0, 0.1) is 6.92 Å². The normalized spacial score (nSPS) is 14.8. The summed E-state index contributed by atoms with van der Waals surface area (Å²) in [6.45, 7) is 52.3. The van der Waals surface area contributed by atoms with Gasteiger partial charge in [-0.25, -0.2) is 0 Å². The van der Waals surface area contributed by atoms with Crippen molar-refractivity contribution in [2.75, 3.05) is 232 Å². The summed E-state index contributed by atoms with van der Waals surface area (Å²) >= 11 is 0. The maximum Gasteiger partial charge on any atom is 0.122 e. The average molecular weight is 1910 g/mol. The van der Waals surface area contributed by atoms with Gasteiger partial charge in [0, 0.05) is 0 Å². The predicted molar refractivity (Wildman–Crippen MR) is 513 cm³/mol. The quantitative estimate of drug-likeness (QED) is 0.0264. The largest absolute Gasteiger partial charge is 0.496 e. The Bertz CT molecular complexity index is 2240. The fourth-order valence-corrected chi connectivity index (χ4v) is 8.64. The van der Waals surface area contributed by atoms with Crippen LogP contribution in [0.2, 0.25) is 0 Å². The Kier molecular flexibility index (Phi) is 119. The van der Waals surface area contributed by atoms with E-state index in [1.54, 1.807) is 49.6 Å². The van der Waals surface area contributed by atoms with Gasteiger partial charge in [-0.15, -0.1) is 52.6 Å². The molecule has 17 unspecified atom stereocenters. The average Bonchev–Trinajstić information content (AvgIpc) is 0.879. The molecule has 1 aromatic carbocycles. The number of benzene rings is 1. The molecule has 0 aliphatic carbocycles. The molecular formula is C97H186O35. The van der Waals surface area contributed by atoms with Crippen LogP contribution >= 0.6 is 0 Å². The Labute approximate surface area is 792 Å². The van der Waals surface area contributed by atoms with Crippen LogP contribution in [-0.2, 0) is 86.9 Å². The molecule has 0 radical (unpaired) electrons. The van der Waals surface area contributed by atoms with E-state index in [9.17, 15) is 51.1 Å². The molecule has 0 saturated heterocycles. The molecule has 17 N–H and O–H groups in total. The van der Waals surface area contributed by atoms with E-state index < -0.39 is 85.5 Å². The first-order valence-electron chi connectivity index (χ1n) is 46.3. The minimum Gasteiger partial charge on any atom is -0.496 e. The van der Waals surface area contributed by atoms with E-state index in [2.05, 4.69) is 70.8 Å². The lowest BCUT2D eigenvalue weighted by Gasteiger charge is -2.19. The second-order valence-corrected chi connectivity index (χ2v) is 30.0. The van der Waals surface area contributed by atoms with Crippen molar-refractivity contribution in [2.45, 2.75) is 255 Å². The summed E-state index contributed by atoms with van der Waals surface area (Å²) in [6.07, 6.45) is 15.8. The van der Waals surface area contributed by atoms with Gasteiger partial charge in [-0.1, -0.05) is 109 Å². The van der Waals surface area contributed by atoms with E-state index in [1.165, 1.54) is 11.1 Å². The van der Waals surface area contributed by atoms with Crippen LogP contribution in [0.15, 0.2) is 119 Å². The molecule has 0 aliphatic heterocycles. The third-order valence-electron chi connectivity index (χ3n) is 17.1. The first-order valence-corrected chi connectivity index (χ1v) is 46.3. The van der Waals surface area contributed by atoms with Crippen LogP contribution in [0.4, 0.5) is 0 Å². The molecule has 0 aromatic heterocycles. The Balaban J connectivity index is -0.000000272. The number of hydrogen-bond donors (Lipinski definition) is 17.